The summed E-state index contributed by atoms with van der Waals surface area (Å²) in [5, 5.41) is 2.94. The third-order valence-electron chi connectivity index (χ3n) is 3.44. The molecular weight excluding hydrogens is 301 g/mol. The first-order valence-corrected chi connectivity index (χ1v) is 6.57. The van der Waals surface area contributed by atoms with E-state index in [-0.39, 0.29) is 24.3 Å². The summed E-state index contributed by atoms with van der Waals surface area (Å²) in [4.78, 5) is 28.5. The maximum absolute atomic E-state index is 12.6. The first-order chi connectivity index (χ1) is 10.2. The third kappa shape index (κ3) is 3.19. The highest BCUT2D eigenvalue weighted by Crippen LogP contribution is 2.28. The first-order valence-electron chi connectivity index (χ1n) is 6.57. The van der Waals surface area contributed by atoms with Crippen molar-refractivity contribution in [2.75, 3.05) is 19.6 Å². The van der Waals surface area contributed by atoms with Crippen LogP contribution in [0.15, 0.2) is 12.1 Å². The fourth-order valence-electron chi connectivity index (χ4n) is 2.30. The number of hydrogen-bond acceptors (Lipinski definition) is 4. The second-order valence-electron chi connectivity index (χ2n) is 4.95. The summed E-state index contributed by atoms with van der Waals surface area (Å²) in [6.45, 7) is 2.26. The number of rotatable bonds is 2. The van der Waals surface area contributed by atoms with Gasteiger partial charge in [0.25, 0.3) is 5.91 Å². The zero-order valence-corrected chi connectivity index (χ0v) is 11.8. The fraction of sp³-hybridized carbons (Fsp3) is 0.462. The SMILES string of the molecule is Cc1nc(C(F)(F)F)ccc1C(=O)N1CCNC[C@@H]1C(N)=O. The number of amides is 2. The number of primary amides is 1. The van der Waals surface area contributed by atoms with Gasteiger partial charge in [0.05, 0.1) is 11.3 Å². The van der Waals surface area contributed by atoms with Gasteiger partial charge in [-0.15, -0.1) is 0 Å². The van der Waals surface area contributed by atoms with E-state index in [1.54, 1.807) is 0 Å². The van der Waals surface area contributed by atoms with Gasteiger partial charge >= 0.3 is 6.18 Å². The van der Waals surface area contributed by atoms with E-state index in [9.17, 15) is 22.8 Å². The van der Waals surface area contributed by atoms with E-state index in [1.807, 2.05) is 0 Å². The summed E-state index contributed by atoms with van der Waals surface area (Å²) in [5.41, 5.74) is 4.18. The van der Waals surface area contributed by atoms with Gasteiger partial charge in [-0.2, -0.15) is 13.2 Å². The van der Waals surface area contributed by atoms with Gasteiger partial charge in [0.1, 0.15) is 11.7 Å². The van der Waals surface area contributed by atoms with Crippen LogP contribution in [-0.4, -0.2) is 47.4 Å². The van der Waals surface area contributed by atoms with Crippen LogP contribution in [0, 0.1) is 6.92 Å². The van der Waals surface area contributed by atoms with Gasteiger partial charge in [0, 0.05) is 19.6 Å². The van der Waals surface area contributed by atoms with Crippen molar-refractivity contribution < 1.29 is 22.8 Å². The molecule has 0 aromatic carbocycles. The van der Waals surface area contributed by atoms with Crippen LogP contribution in [0.25, 0.3) is 0 Å². The van der Waals surface area contributed by atoms with Crippen molar-refractivity contribution in [3.8, 4) is 0 Å². The van der Waals surface area contributed by atoms with Gasteiger partial charge < -0.3 is 16.0 Å². The molecule has 0 radical (unpaired) electrons. The second kappa shape index (κ2) is 5.91. The molecule has 2 rings (SSSR count). The van der Waals surface area contributed by atoms with Crippen molar-refractivity contribution >= 4 is 11.8 Å². The van der Waals surface area contributed by atoms with Crippen LogP contribution < -0.4 is 11.1 Å². The van der Waals surface area contributed by atoms with Crippen LogP contribution in [0.1, 0.15) is 21.7 Å². The lowest BCUT2D eigenvalue weighted by atomic mass is 10.1. The molecule has 2 heterocycles. The summed E-state index contributed by atoms with van der Waals surface area (Å²) in [6.07, 6.45) is -4.57. The van der Waals surface area contributed by atoms with Crippen LogP contribution in [0.5, 0.6) is 0 Å². The van der Waals surface area contributed by atoms with Crippen molar-refractivity contribution in [2.45, 2.75) is 19.1 Å². The molecule has 1 aliphatic heterocycles. The fourth-order valence-corrected chi connectivity index (χ4v) is 2.30. The quantitative estimate of drug-likeness (QED) is 0.822. The van der Waals surface area contributed by atoms with Crippen molar-refractivity contribution in [3.05, 3.63) is 29.1 Å². The van der Waals surface area contributed by atoms with Gasteiger partial charge in [-0.25, -0.2) is 4.98 Å². The average molecular weight is 316 g/mol. The van der Waals surface area contributed by atoms with Gasteiger partial charge in [-0.3, -0.25) is 9.59 Å². The molecule has 1 atom stereocenters. The molecule has 1 fully saturated rings. The zero-order valence-electron chi connectivity index (χ0n) is 11.8. The number of nitrogens with zero attached hydrogens (tertiary/aromatic N) is 2. The lowest BCUT2D eigenvalue weighted by Crippen LogP contribution is -2.58. The number of aryl methyl sites for hydroxylation is 1. The minimum absolute atomic E-state index is 0.0288. The van der Waals surface area contributed by atoms with E-state index in [2.05, 4.69) is 10.3 Å². The number of nitrogens with two attached hydrogens (primary N) is 1. The van der Waals surface area contributed by atoms with Gasteiger partial charge in [-0.1, -0.05) is 0 Å². The Morgan fingerprint density at radius 1 is 1.41 bits per heavy atom. The molecule has 0 unspecified atom stereocenters. The minimum atomic E-state index is -4.57. The highest BCUT2D eigenvalue weighted by Gasteiger charge is 2.35. The van der Waals surface area contributed by atoms with Gasteiger partial charge in [0.2, 0.25) is 5.91 Å². The molecule has 0 saturated carbocycles. The molecule has 9 heteroatoms. The highest BCUT2D eigenvalue weighted by molar-refractivity contribution is 5.98. The standard InChI is InChI=1S/C13H15F3N4O2/c1-7-8(2-3-10(19-7)13(14,15)16)12(22)20-5-4-18-6-9(20)11(17)21/h2-3,9,18H,4-6H2,1H3,(H2,17,21)/t9-/m1/s1. The Balaban J connectivity index is 2.31. The number of hydrogen-bond donors (Lipinski definition) is 2. The van der Waals surface area contributed by atoms with Crippen LogP contribution in [0.2, 0.25) is 0 Å². The number of halogens is 3. The molecular formula is C13H15F3N4O2. The number of carbonyl (C=O) groups excluding carboxylic acids is 2. The maximum atomic E-state index is 12.6. The van der Waals surface area contributed by atoms with Crippen LogP contribution in [0.4, 0.5) is 13.2 Å². The largest absolute Gasteiger partial charge is 0.433 e. The lowest BCUT2D eigenvalue weighted by Gasteiger charge is -2.34. The molecule has 1 aromatic rings. The molecule has 3 N–H and O–H groups in total. The third-order valence-corrected chi connectivity index (χ3v) is 3.44. The Labute approximate surface area is 124 Å². The number of alkyl halides is 3. The van der Waals surface area contributed by atoms with Crippen LogP contribution in [-0.2, 0) is 11.0 Å². The normalized spacial score (nSPS) is 19.1. The molecule has 6 nitrogen and oxygen atoms in total. The molecule has 0 spiro atoms. The first kappa shape index (κ1) is 16.2. The monoisotopic (exact) mass is 316 g/mol. The Kier molecular flexibility index (Phi) is 4.36. The van der Waals surface area contributed by atoms with Crippen molar-refractivity contribution in [2.24, 2.45) is 5.73 Å². The topological polar surface area (TPSA) is 88.3 Å². The van der Waals surface area contributed by atoms with E-state index in [4.69, 9.17) is 5.73 Å². The molecule has 22 heavy (non-hydrogen) atoms. The van der Waals surface area contributed by atoms with Gasteiger partial charge in [0.15, 0.2) is 0 Å². The molecule has 1 aliphatic rings. The van der Waals surface area contributed by atoms with E-state index in [0.717, 1.165) is 12.1 Å². The Morgan fingerprint density at radius 3 is 2.64 bits per heavy atom. The summed E-state index contributed by atoms with van der Waals surface area (Å²) < 4.78 is 37.8. The Morgan fingerprint density at radius 2 is 2.09 bits per heavy atom. The Hall–Kier alpha value is -2.16. The number of aromatic nitrogens is 1. The summed E-state index contributed by atoms with van der Waals surface area (Å²) in [6, 6.07) is 0.998. The molecule has 120 valence electrons. The number of piperazine rings is 1. The minimum Gasteiger partial charge on any atom is -0.368 e. The summed E-state index contributed by atoms with van der Waals surface area (Å²) in [5.74, 6) is -1.22. The lowest BCUT2D eigenvalue weighted by molar-refractivity contribution is -0.141. The van der Waals surface area contributed by atoms with Crippen LogP contribution in [0.3, 0.4) is 0 Å². The Bertz CT molecular complexity index is 603. The number of pyridine rings is 1. The molecule has 1 saturated heterocycles. The van der Waals surface area contributed by atoms with E-state index in [0.29, 0.717) is 6.54 Å². The van der Waals surface area contributed by atoms with E-state index < -0.39 is 29.7 Å². The predicted octanol–water partition coefficient (Wildman–Crippen LogP) is 0.308. The maximum Gasteiger partial charge on any atom is 0.433 e. The second-order valence-corrected chi connectivity index (χ2v) is 4.95. The van der Waals surface area contributed by atoms with Crippen molar-refractivity contribution in [1.82, 2.24) is 15.2 Å². The summed E-state index contributed by atoms with van der Waals surface area (Å²) in [7, 11) is 0. The number of nitrogens with one attached hydrogen (secondary N) is 1. The highest BCUT2D eigenvalue weighted by atomic mass is 19.4. The van der Waals surface area contributed by atoms with Crippen LogP contribution >= 0.6 is 0 Å². The molecule has 0 aliphatic carbocycles. The molecule has 2 amide bonds. The van der Waals surface area contributed by atoms with Crippen molar-refractivity contribution in [1.29, 1.82) is 0 Å². The van der Waals surface area contributed by atoms with Gasteiger partial charge in [-0.05, 0) is 19.1 Å². The van der Waals surface area contributed by atoms with E-state index in [1.165, 1.54) is 11.8 Å². The average Bonchev–Trinajstić information content (AvgIpc) is 2.45. The zero-order chi connectivity index (χ0) is 16.5. The number of carbonyl (C=O) groups is 2. The smallest absolute Gasteiger partial charge is 0.368 e. The molecule has 0 bridgehead atoms. The molecule has 1 aromatic heterocycles. The van der Waals surface area contributed by atoms with Crippen molar-refractivity contribution in [3.63, 3.8) is 0 Å². The van der Waals surface area contributed by atoms with E-state index >= 15 is 0 Å². The predicted molar refractivity (Wildman–Crippen MR) is 70.9 cm³/mol. The summed E-state index contributed by atoms with van der Waals surface area (Å²) >= 11 is 0.